The zero-order chi connectivity index (χ0) is 23.2. The van der Waals surface area contributed by atoms with Crippen LogP contribution in [0.15, 0.2) is 65.0 Å². The number of halogens is 3. The summed E-state index contributed by atoms with van der Waals surface area (Å²) in [7, 11) is 0. The average Bonchev–Trinajstić information content (AvgIpc) is 2.68. The second-order valence-electron chi connectivity index (χ2n) is 9.06. The lowest BCUT2D eigenvalue weighted by molar-refractivity contribution is -0.118. The summed E-state index contributed by atoms with van der Waals surface area (Å²) in [6.07, 6.45) is 1.01. The van der Waals surface area contributed by atoms with Gasteiger partial charge >= 0.3 is 0 Å². The molecule has 1 amide bonds. The van der Waals surface area contributed by atoms with Crippen LogP contribution in [0.2, 0.25) is 5.02 Å². The van der Waals surface area contributed by atoms with Crippen molar-refractivity contribution in [2.75, 3.05) is 5.32 Å². The minimum Gasteiger partial charge on any atom is -0.362 e. The molecular weight excluding hydrogens is 434 g/mol. The van der Waals surface area contributed by atoms with Gasteiger partial charge in [0.2, 0.25) is 0 Å². The third kappa shape index (κ3) is 4.19. The quantitative estimate of drug-likeness (QED) is 0.608. The van der Waals surface area contributed by atoms with Gasteiger partial charge in [0.25, 0.3) is 5.91 Å². The number of allylic oxidation sites excluding steroid dienone is 3. The number of nitrogens with one attached hydrogen (secondary N) is 2. The number of Topliss-reactive ketones (excluding diaryl/α,β-unsaturated/α-hetero) is 1. The summed E-state index contributed by atoms with van der Waals surface area (Å²) >= 11 is 6.23. The maximum atomic E-state index is 14.2. The number of benzene rings is 2. The molecule has 0 fully saturated rings. The molecule has 4 nitrogen and oxygen atoms in total. The first kappa shape index (κ1) is 22.2. The van der Waals surface area contributed by atoms with Crippen molar-refractivity contribution in [1.29, 1.82) is 0 Å². The van der Waals surface area contributed by atoms with Gasteiger partial charge < -0.3 is 10.6 Å². The number of dihydropyridines is 1. The standard InChI is InChI=1S/C25H23ClF2N2O2/c1-13-21(24(32)30-18-8-7-16(27)10-17(18)28)22(14-5-4-6-15(26)9-14)23-19(29-13)11-25(2,3)12-20(23)31/h4-10,22,29H,11-12H2,1-3H3,(H,30,32)/t22-/m0/s1. The van der Waals surface area contributed by atoms with Crippen LogP contribution in [-0.2, 0) is 9.59 Å². The molecule has 1 aliphatic carbocycles. The van der Waals surface area contributed by atoms with Gasteiger partial charge in [0, 0.05) is 46.0 Å². The van der Waals surface area contributed by atoms with Gasteiger partial charge in [0.15, 0.2) is 5.78 Å². The predicted octanol–water partition coefficient (Wildman–Crippen LogP) is 5.86. The number of carbonyl (C=O) groups excluding carboxylic acids is 2. The lowest BCUT2D eigenvalue weighted by Crippen LogP contribution is -2.39. The summed E-state index contributed by atoms with van der Waals surface area (Å²) in [5.41, 5.74) is 2.53. The molecule has 0 unspecified atom stereocenters. The Morgan fingerprint density at radius 3 is 2.59 bits per heavy atom. The van der Waals surface area contributed by atoms with E-state index in [0.29, 0.717) is 46.3 Å². The van der Waals surface area contributed by atoms with Crippen LogP contribution in [0.1, 0.15) is 45.1 Å². The zero-order valence-electron chi connectivity index (χ0n) is 18.0. The Labute approximate surface area is 190 Å². The van der Waals surface area contributed by atoms with Gasteiger partial charge in [-0.2, -0.15) is 0 Å². The SMILES string of the molecule is CC1=C(C(=O)Nc2ccc(F)cc2F)[C@H](c2cccc(Cl)c2)C2=C(CC(C)(C)CC2=O)N1. The first-order chi connectivity index (χ1) is 15.1. The van der Waals surface area contributed by atoms with Crippen LogP contribution >= 0.6 is 11.6 Å². The lowest BCUT2D eigenvalue weighted by atomic mass is 9.68. The summed E-state index contributed by atoms with van der Waals surface area (Å²) in [5, 5.41) is 6.26. The van der Waals surface area contributed by atoms with E-state index in [1.54, 1.807) is 25.1 Å². The summed E-state index contributed by atoms with van der Waals surface area (Å²) in [5.74, 6) is -2.89. The highest BCUT2D eigenvalue weighted by Crippen LogP contribution is 2.47. The number of carbonyl (C=O) groups is 2. The van der Waals surface area contributed by atoms with Crippen LogP contribution in [0, 0.1) is 17.0 Å². The first-order valence-electron chi connectivity index (χ1n) is 10.3. The van der Waals surface area contributed by atoms with Crippen LogP contribution in [0.25, 0.3) is 0 Å². The summed E-state index contributed by atoms with van der Waals surface area (Å²) in [6.45, 7) is 5.82. The van der Waals surface area contributed by atoms with Gasteiger partial charge in [-0.3, -0.25) is 9.59 Å². The number of rotatable bonds is 3. The van der Waals surface area contributed by atoms with Crippen molar-refractivity contribution < 1.29 is 18.4 Å². The minimum absolute atomic E-state index is 0.0421. The van der Waals surface area contributed by atoms with Gasteiger partial charge in [-0.15, -0.1) is 0 Å². The first-order valence-corrected chi connectivity index (χ1v) is 10.7. The second kappa shape index (κ2) is 8.17. The number of hydrogen-bond donors (Lipinski definition) is 2. The molecule has 4 rings (SSSR count). The zero-order valence-corrected chi connectivity index (χ0v) is 18.7. The molecule has 0 radical (unpaired) electrons. The highest BCUT2D eigenvalue weighted by atomic mass is 35.5. The highest BCUT2D eigenvalue weighted by molar-refractivity contribution is 6.30. The van der Waals surface area contributed by atoms with Crippen LogP contribution in [0.3, 0.4) is 0 Å². The summed E-state index contributed by atoms with van der Waals surface area (Å²) < 4.78 is 27.5. The molecule has 0 bridgehead atoms. The van der Waals surface area contributed by atoms with E-state index in [-0.39, 0.29) is 16.9 Å². The van der Waals surface area contributed by atoms with Gasteiger partial charge in [0.1, 0.15) is 11.6 Å². The lowest BCUT2D eigenvalue weighted by Gasteiger charge is -2.39. The van der Waals surface area contributed by atoms with Gasteiger partial charge in [-0.25, -0.2) is 8.78 Å². The van der Waals surface area contributed by atoms with E-state index in [1.807, 2.05) is 19.9 Å². The molecule has 32 heavy (non-hydrogen) atoms. The molecule has 2 aliphatic rings. The van der Waals surface area contributed by atoms with Crippen molar-refractivity contribution in [1.82, 2.24) is 5.32 Å². The molecule has 0 spiro atoms. The smallest absolute Gasteiger partial charge is 0.254 e. The molecule has 2 N–H and O–H groups in total. The predicted molar refractivity (Wildman–Crippen MR) is 120 cm³/mol. The van der Waals surface area contributed by atoms with Crippen LogP contribution < -0.4 is 10.6 Å². The van der Waals surface area contributed by atoms with Crippen molar-refractivity contribution in [2.24, 2.45) is 5.41 Å². The van der Waals surface area contributed by atoms with Crippen LogP contribution in [-0.4, -0.2) is 11.7 Å². The fourth-order valence-electron chi connectivity index (χ4n) is 4.54. The molecule has 0 aromatic heterocycles. The molecule has 0 saturated heterocycles. The fraction of sp³-hybridized carbons (Fsp3) is 0.280. The Morgan fingerprint density at radius 1 is 1.16 bits per heavy atom. The second-order valence-corrected chi connectivity index (χ2v) is 9.50. The van der Waals surface area contributed by atoms with Crippen molar-refractivity contribution in [3.8, 4) is 0 Å². The molecule has 0 saturated carbocycles. The average molecular weight is 457 g/mol. The van der Waals surface area contributed by atoms with Crippen molar-refractivity contribution in [3.63, 3.8) is 0 Å². The molecular formula is C25H23ClF2N2O2. The Bertz CT molecular complexity index is 1200. The monoisotopic (exact) mass is 456 g/mol. The molecule has 7 heteroatoms. The number of amides is 1. The number of ketones is 1. The van der Waals surface area contributed by atoms with Crippen molar-refractivity contribution in [2.45, 2.75) is 39.5 Å². The van der Waals surface area contributed by atoms with E-state index in [0.717, 1.165) is 11.8 Å². The van der Waals surface area contributed by atoms with Gasteiger partial charge in [0.05, 0.1) is 5.69 Å². The largest absolute Gasteiger partial charge is 0.362 e. The third-order valence-electron chi connectivity index (χ3n) is 5.85. The molecule has 2 aromatic rings. The third-order valence-corrected chi connectivity index (χ3v) is 6.08. The van der Waals surface area contributed by atoms with Gasteiger partial charge in [-0.1, -0.05) is 37.6 Å². The normalized spacial score (nSPS) is 20.1. The Morgan fingerprint density at radius 2 is 1.91 bits per heavy atom. The van der Waals surface area contributed by atoms with E-state index in [9.17, 15) is 18.4 Å². The van der Waals surface area contributed by atoms with Gasteiger partial charge in [-0.05, 0) is 48.6 Å². The molecule has 1 atom stereocenters. The highest BCUT2D eigenvalue weighted by Gasteiger charge is 2.42. The fourth-order valence-corrected chi connectivity index (χ4v) is 4.74. The van der Waals surface area contributed by atoms with E-state index >= 15 is 0 Å². The van der Waals surface area contributed by atoms with E-state index in [4.69, 9.17) is 11.6 Å². The Balaban J connectivity index is 1.81. The van der Waals surface area contributed by atoms with E-state index in [1.165, 1.54) is 6.07 Å². The minimum atomic E-state index is -0.880. The van der Waals surface area contributed by atoms with Crippen molar-refractivity contribution >= 4 is 29.0 Å². The number of hydrogen-bond acceptors (Lipinski definition) is 3. The molecule has 166 valence electrons. The topological polar surface area (TPSA) is 58.2 Å². The maximum Gasteiger partial charge on any atom is 0.254 e. The molecule has 1 heterocycles. The van der Waals surface area contributed by atoms with E-state index < -0.39 is 23.5 Å². The molecule has 1 aliphatic heterocycles. The summed E-state index contributed by atoms with van der Waals surface area (Å²) in [4.78, 5) is 26.6. The van der Waals surface area contributed by atoms with Crippen molar-refractivity contribution in [3.05, 3.63) is 87.2 Å². The molecule has 2 aromatic carbocycles. The Kier molecular flexibility index (Phi) is 5.67. The summed E-state index contributed by atoms with van der Waals surface area (Å²) in [6, 6.07) is 9.98. The van der Waals surface area contributed by atoms with Crippen LogP contribution in [0.5, 0.6) is 0 Å². The van der Waals surface area contributed by atoms with E-state index in [2.05, 4.69) is 10.6 Å². The number of anilines is 1. The van der Waals surface area contributed by atoms with Crippen LogP contribution in [0.4, 0.5) is 14.5 Å². The maximum absolute atomic E-state index is 14.2. The Hall–Kier alpha value is -2.99.